The van der Waals surface area contributed by atoms with Gasteiger partial charge in [0.25, 0.3) is 6.47 Å². The fraction of sp³-hybridized carbons (Fsp3) is 0.333. The fourth-order valence-corrected chi connectivity index (χ4v) is 1.28. The summed E-state index contributed by atoms with van der Waals surface area (Å²) in [6.45, 7) is -1.20. The van der Waals surface area contributed by atoms with Crippen molar-refractivity contribution in [3.63, 3.8) is 0 Å². The Morgan fingerprint density at radius 2 is 1.85 bits per heavy atom. The standard InChI is InChI=1S/C12H11F4O3.Li/c13-11(14)12(15,16)10(19-8-17)7-18-6-9-4-2-1-3-5-9;/h1-5,8,10H,6-7H2;/q-1;+1/t10-;/m1./s1. The summed E-state index contributed by atoms with van der Waals surface area (Å²) in [5.41, 5.74) is 0.681. The summed E-state index contributed by atoms with van der Waals surface area (Å²) in [6, 6.07) is 8.53. The van der Waals surface area contributed by atoms with Gasteiger partial charge in [-0.1, -0.05) is 30.3 Å². The van der Waals surface area contributed by atoms with Crippen molar-refractivity contribution in [1.29, 1.82) is 0 Å². The number of rotatable bonds is 8. The van der Waals surface area contributed by atoms with Crippen molar-refractivity contribution in [2.45, 2.75) is 18.6 Å². The first-order valence-corrected chi connectivity index (χ1v) is 5.25. The van der Waals surface area contributed by atoms with Gasteiger partial charge in [0.1, 0.15) is 0 Å². The van der Waals surface area contributed by atoms with E-state index in [0.29, 0.717) is 5.56 Å². The zero-order valence-corrected chi connectivity index (χ0v) is 10.7. The predicted molar refractivity (Wildman–Crippen MR) is 57.4 cm³/mol. The summed E-state index contributed by atoms with van der Waals surface area (Å²) in [6.07, 6.45) is -5.47. The number of hydrogen-bond donors (Lipinski definition) is 0. The Labute approximate surface area is 125 Å². The van der Waals surface area contributed by atoms with E-state index >= 15 is 0 Å². The molecule has 0 aliphatic rings. The van der Waals surface area contributed by atoms with E-state index in [4.69, 9.17) is 4.74 Å². The van der Waals surface area contributed by atoms with Gasteiger partial charge in [-0.15, -0.1) is 0 Å². The maximum atomic E-state index is 13.0. The Kier molecular flexibility index (Phi) is 8.54. The third-order valence-electron chi connectivity index (χ3n) is 2.26. The van der Waals surface area contributed by atoms with E-state index in [-0.39, 0.29) is 31.9 Å². The molecule has 0 unspecified atom stereocenters. The molecule has 0 aliphatic heterocycles. The second-order valence-electron chi connectivity index (χ2n) is 3.61. The largest absolute Gasteiger partial charge is 1.00 e. The minimum atomic E-state index is -4.53. The molecule has 1 aromatic rings. The monoisotopic (exact) mass is 286 g/mol. The van der Waals surface area contributed by atoms with Crippen LogP contribution < -0.4 is 18.9 Å². The van der Waals surface area contributed by atoms with E-state index in [1.807, 2.05) is 0 Å². The molecule has 0 heterocycles. The molecule has 106 valence electrons. The first-order chi connectivity index (χ1) is 8.98. The molecule has 0 fully saturated rings. The molecule has 0 aliphatic carbocycles. The molecular formula is C12H11F4LiO3. The van der Waals surface area contributed by atoms with Gasteiger partial charge in [0.05, 0.1) is 19.6 Å². The molecule has 0 N–H and O–H groups in total. The van der Waals surface area contributed by atoms with Crippen LogP contribution in [-0.4, -0.2) is 25.1 Å². The molecule has 1 rings (SSSR count). The summed E-state index contributed by atoms with van der Waals surface area (Å²) in [7, 11) is 0. The summed E-state index contributed by atoms with van der Waals surface area (Å²) >= 11 is 0. The topological polar surface area (TPSA) is 35.5 Å². The maximum Gasteiger partial charge on any atom is 1.00 e. The van der Waals surface area contributed by atoms with Crippen molar-refractivity contribution in [3.8, 4) is 0 Å². The smallest absolute Gasteiger partial charge is 0.459 e. The molecule has 0 saturated carbocycles. The first kappa shape index (κ1) is 19.0. The molecule has 1 atom stereocenters. The van der Waals surface area contributed by atoms with E-state index in [0.717, 1.165) is 0 Å². The summed E-state index contributed by atoms with van der Waals surface area (Å²) in [4.78, 5) is 10.1. The number of carbonyl (C=O) groups excluding carboxylic acids is 1. The second kappa shape index (κ2) is 9.00. The number of carbonyl (C=O) groups is 1. The van der Waals surface area contributed by atoms with Gasteiger partial charge in [-0.05, 0) is 5.56 Å². The van der Waals surface area contributed by atoms with E-state index in [9.17, 15) is 22.4 Å². The molecule has 0 saturated heterocycles. The van der Waals surface area contributed by atoms with Gasteiger partial charge in [0.2, 0.25) is 5.92 Å². The SMILES string of the molecule is O=CO[C@H](COCc1ccccc1)C(F)(F)[C-](F)F.[Li+]. The van der Waals surface area contributed by atoms with Crippen molar-refractivity contribution < 1.29 is 50.7 Å². The number of halogens is 4. The van der Waals surface area contributed by atoms with Gasteiger partial charge >= 0.3 is 18.9 Å². The first-order valence-electron chi connectivity index (χ1n) is 5.25. The Balaban J connectivity index is 0.00000361. The molecule has 8 heteroatoms. The average Bonchev–Trinajstić information content (AvgIpc) is 2.38. The molecule has 20 heavy (non-hydrogen) atoms. The number of hydrogen-bond acceptors (Lipinski definition) is 3. The van der Waals surface area contributed by atoms with Crippen molar-refractivity contribution in [2.24, 2.45) is 0 Å². The molecule has 0 amide bonds. The predicted octanol–water partition coefficient (Wildman–Crippen LogP) is -0.187. The van der Waals surface area contributed by atoms with Crippen LogP contribution in [0.1, 0.15) is 5.56 Å². The normalized spacial score (nSPS) is 12.7. The third kappa shape index (κ3) is 5.53. The Hall–Kier alpha value is -1.03. The van der Waals surface area contributed by atoms with Gasteiger partial charge in [0, 0.05) is 0 Å². The van der Waals surface area contributed by atoms with Gasteiger partial charge in [-0.25, -0.2) is 8.78 Å². The van der Waals surface area contributed by atoms with Gasteiger partial charge in [-0.3, -0.25) is 4.79 Å². The van der Waals surface area contributed by atoms with Crippen molar-refractivity contribution in [1.82, 2.24) is 0 Å². The van der Waals surface area contributed by atoms with Crippen LogP contribution in [0, 0.1) is 6.43 Å². The second-order valence-corrected chi connectivity index (χ2v) is 3.61. The van der Waals surface area contributed by atoms with E-state index in [1.54, 1.807) is 30.3 Å². The van der Waals surface area contributed by atoms with Crippen LogP contribution in [0.4, 0.5) is 17.6 Å². The quantitative estimate of drug-likeness (QED) is 0.288. The summed E-state index contributed by atoms with van der Waals surface area (Å²) < 4.78 is 58.9. The molecular weight excluding hydrogens is 275 g/mol. The summed E-state index contributed by atoms with van der Waals surface area (Å²) in [5, 5.41) is 0. The fourth-order valence-electron chi connectivity index (χ4n) is 1.28. The minimum Gasteiger partial charge on any atom is -0.459 e. The Morgan fingerprint density at radius 1 is 1.25 bits per heavy atom. The average molecular weight is 286 g/mol. The van der Waals surface area contributed by atoms with Crippen LogP contribution in [-0.2, 0) is 20.9 Å². The Morgan fingerprint density at radius 3 is 2.35 bits per heavy atom. The van der Waals surface area contributed by atoms with Gasteiger partial charge < -0.3 is 18.3 Å². The van der Waals surface area contributed by atoms with Crippen LogP contribution >= 0.6 is 0 Å². The zero-order valence-electron chi connectivity index (χ0n) is 10.7. The van der Waals surface area contributed by atoms with Gasteiger partial charge in [0.15, 0.2) is 6.10 Å². The van der Waals surface area contributed by atoms with Crippen LogP contribution in [0.25, 0.3) is 0 Å². The molecule has 0 aromatic heterocycles. The van der Waals surface area contributed by atoms with Crippen LogP contribution in [0.15, 0.2) is 30.3 Å². The Bertz CT molecular complexity index is 390. The van der Waals surface area contributed by atoms with Crippen LogP contribution in [0.5, 0.6) is 0 Å². The van der Waals surface area contributed by atoms with Crippen LogP contribution in [0.2, 0.25) is 0 Å². The van der Waals surface area contributed by atoms with Crippen molar-refractivity contribution in [2.75, 3.05) is 6.61 Å². The van der Waals surface area contributed by atoms with Gasteiger partial charge in [-0.2, -0.15) is 0 Å². The van der Waals surface area contributed by atoms with E-state index in [1.165, 1.54) is 0 Å². The number of alkyl halides is 2. The maximum absolute atomic E-state index is 13.0. The number of benzene rings is 1. The minimum absolute atomic E-state index is 0. The van der Waals surface area contributed by atoms with Crippen molar-refractivity contribution in [3.05, 3.63) is 42.3 Å². The van der Waals surface area contributed by atoms with E-state index < -0.39 is 25.1 Å². The molecule has 3 nitrogen and oxygen atoms in total. The van der Waals surface area contributed by atoms with Crippen LogP contribution in [0.3, 0.4) is 0 Å². The zero-order chi connectivity index (χ0) is 14.3. The molecule has 0 bridgehead atoms. The summed E-state index contributed by atoms with van der Waals surface area (Å²) in [5.74, 6) is -4.53. The molecule has 1 aromatic carbocycles. The van der Waals surface area contributed by atoms with Crippen molar-refractivity contribution >= 4 is 6.47 Å². The number of ether oxygens (including phenoxy) is 2. The molecule has 0 radical (unpaired) electrons. The van der Waals surface area contributed by atoms with E-state index in [2.05, 4.69) is 4.74 Å². The third-order valence-corrected chi connectivity index (χ3v) is 2.26. The molecule has 0 spiro atoms.